The molecule has 0 saturated carbocycles. The number of nitrogens with zero attached hydrogens (tertiary/aromatic N) is 1. The molecule has 1 aromatic heterocycles. The molecule has 1 aromatic rings. The molecular formula is C13H21ClN2OS. The van der Waals surface area contributed by atoms with Crippen LogP contribution >= 0.6 is 22.9 Å². The van der Waals surface area contributed by atoms with Gasteiger partial charge in [0.2, 0.25) is 0 Å². The number of likely N-dealkylation sites (N-methyl/N-ethyl adjacent to an activating group) is 1. The van der Waals surface area contributed by atoms with Crippen molar-refractivity contribution in [3.8, 4) is 0 Å². The first-order valence-electron chi connectivity index (χ1n) is 6.50. The normalized spacial score (nSPS) is 23.2. The van der Waals surface area contributed by atoms with E-state index < -0.39 is 0 Å². The van der Waals surface area contributed by atoms with Crippen LogP contribution in [-0.4, -0.2) is 44.3 Å². The third kappa shape index (κ3) is 3.25. The molecule has 1 fully saturated rings. The van der Waals surface area contributed by atoms with Crippen molar-refractivity contribution in [3.05, 3.63) is 21.3 Å². The van der Waals surface area contributed by atoms with Crippen LogP contribution in [0, 0.1) is 0 Å². The zero-order valence-corrected chi connectivity index (χ0v) is 12.6. The highest BCUT2D eigenvalue weighted by atomic mass is 35.5. The standard InChI is InChI=1S/C13H21ClN2OS/c1-3-5-16-6-7-17-11(9-16)12(15-2)13-10(14)4-8-18-13/h4,8,11-12,15H,3,5-7,9H2,1-2H3. The lowest BCUT2D eigenvalue weighted by Crippen LogP contribution is -2.47. The molecule has 102 valence electrons. The predicted octanol–water partition coefficient (Wildman–Crippen LogP) is 2.77. The summed E-state index contributed by atoms with van der Waals surface area (Å²) in [6, 6.07) is 2.15. The Balaban J connectivity index is 2.06. The van der Waals surface area contributed by atoms with E-state index in [2.05, 4.69) is 17.1 Å². The van der Waals surface area contributed by atoms with Gasteiger partial charge in [-0.1, -0.05) is 18.5 Å². The van der Waals surface area contributed by atoms with Gasteiger partial charge in [-0.3, -0.25) is 4.90 Å². The van der Waals surface area contributed by atoms with Gasteiger partial charge < -0.3 is 10.1 Å². The molecule has 0 amide bonds. The number of halogens is 1. The van der Waals surface area contributed by atoms with Crippen LogP contribution < -0.4 is 5.32 Å². The first kappa shape index (κ1) is 14.3. The van der Waals surface area contributed by atoms with Crippen molar-refractivity contribution in [3.63, 3.8) is 0 Å². The molecule has 2 rings (SSSR count). The van der Waals surface area contributed by atoms with Crippen molar-refractivity contribution in [1.29, 1.82) is 0 Å². The third-order valence-electron chi connectivity index (χ3n) is 3.33. The van der Waals surface area contributed by atoms with E-state index in [-0.39, 0.29) is 12.1 Å². The summed E-state index contributed by atoms with van der Waals surface area (Å²) in [6.45, 7) is 6.20. The third-order valence-corrected chi connectivity index (χ3v) is 4.77. The monoisotopic (exact) mass is 288 g/mol. The fraction of sp³-hybridized carbons (Fsp3) is 0.692. The van der Waals surface area contributed by atoms with Gasteiger partial charge in [0.1, 0.15) is 0 Å². The minimum Gasteiger partial charge on any atom is -0.374 e. The zero-order chi connectivity index (χ0) is 13.0. The number of nitrogens with one attached hydrogen (secondary N) is 1. The molecule has 1 aliphatic rings. The van der Waals surface area contributed by atoms with Crippen LogP contribution in [0.1, 0.15) is 24.3 Å². The molecule has 0 bridgehead atoms. The maximum absolute atomic E-state index is 6.23. The van der Waals surface area contributed by atoms with E-state index in [1.165, 1.54) is 11.3 Å². The molecule has 0 radical (unpaired) electrons. The topological polar surface area (TPSA) is 24.5 Å². The highest BCUT2D eigenvalue weighted by Crippen LogP contribution is 2.32. The lowest BCUT2D eigenvalue weighted by atomic mass is 10.1. The van der Waals surface area contributed by atoms with E-state index in [4.69, 9.17) is 16.3 Å². The second-order valence-corrected chi connectivity index (χ2v) is 5.96. The van der Waals surface area contributed by atoms with E-state index in [1.54, 1.807) is 11.3 Å². The predicted molar refractivity (Wildman–Crippen MR) is 77.6 cm³/mol. The lowest BCUT2D eigenvalue weighted by Gasteiger charge is -2.36. The summed E-state index contributed by atoms with van der Waals surface area (Å²) in [6.07, 6.45) is 1.38. The number of rotatable bonds is 5. The van der Waals surface area contributed by atoms with Crippen molar-refractivity contribution in [2.24, 2.45) is 0 Å². The van der Waals surface area contributed by atoms with Crippen LogP contribution in [0.2, 0.25) is 5.02 Å². The Morgan fingerprint density at radius 2 is 2.50 bits per heavy atom. The maximum atomic E-state index is 6.23. The van der Waals surface area contributed by atoms with Crippen LogP contribution in [0.25, 0.3) is 0 Å². The summed E-state index contributed by atoms with van der Waals surface area (Å²) in [4.78, 5) is 3.66. The molecule has 2 unspecified atom stereocenters. The van der Waals surface area contributed by atoms with Crippen LogP contribution in [0.5, 0.6) is 0 Å². The van der Waals surface area contributed by atoms with E-state index >= 15 is 0 Å². The van der Waals surface area contributed by atoms with Gasteiger partial charge >= 0.3 is 0 Å². The Bertz CT molecular complexity index is 370. The number of hydrogen-bond acceptors (Lipinski definition) is 4. The molecule has 1 N–H and O–H groups in total. The Hall–Kier alpha value is -0.130. The van der Waals surface area contributed by atoms with E-state index in [0.717, 1.165) is 31.3 Å². The Kier molecular flexibility index (Phi) is 5.45. The molecule has 1 saturated heterocycles. The van der Waals surface area contributed by atoms with Gasteiger partial charge in [0, 0.05) is 18.0 Å². The number of morpholine rings is 1. The van der Waals surface area contributed by atoms with Gasteiger partial charge in [0.15, 0.2) is 0 Å². The Labute approximate surface area is 118 Å². The summed E-state index contributed by atoms with van der Waals surface area (Å²) in [5.74, 6) is 0. The van der Waals surface area contributed by atoms with Gasteiger partial charge in [-0.25, -0.2) is 0 Å². The van der Waals surface area contributed by atoms with Gasteiger partial charge in [0.25, 0.3) is 0 Å². The first-order chi connectivity index (χ1) is 8.76. The second kappa shape index (κ2) is 6.87. The minimum absolute atomic E-state index is 0.187. The molecule has 18 heavy (non-hydrogen) atoms. The second-order valence-electron chi connectivity index (χ2n) is 4.61. The molecule has 0 aromatic carbocycles. The van der Waals surface area contributed by atoms with Crippen molar-refractivity contribution in [1.82, 2.24) is 10.2 Å². The van der Waals surface area contributed by atoms with E-state index in [9.17, 15) is 0 Å². The molecule has 2 atom stereocenters. The molecule has 5 heteroatoms. The van der Waals surface area contributed by atoms with Crippen LogP contribution in [0.15, 0.2) is 11.4 Å². The summed E-state index contributed by atoms with van der Waals surface area (Å²) in [5.41, 5.74) is 0. The molecule has 0 aliphatic carbocycles. The largest absolute Gasteiger partial charge is 0.374 e. The van der Waals surface area contributed by atoms with Gasteiger partial charge in [-0.15, -0.1) is 11.3 Å². The Morgan fingerprint density at radius 3 is 3.11 bits per heavy atom. The Morgan fingerprint density at radius 1 is 1.67 bits per heavy atom. The molecule has 0 spiro atoms. The summed E-state index contributed by atoms with van der Waals surface area (Å²) < 4.78 is 5.93. The summed E-state index contributed by atoms with van der Waals surface area (Å²) in [5, 5.41) is 6.23. The highest BCUT2D eigenvalue weighted by Gasteiger charge is 2.29. The van der Waals surface area contributed by atoms with Crippen molar-refractivity contribution in [2.75, 3.05) is 33.3 Å². The summed E-state index contributed by atoms with van der Waals surface area (Å²) in [7, 11) is 1.98. The van der Waals surface area contributed by atoms with Crippen LogP contribution in [0.4, 0.5) is 0 Å². The van der Waals surface area contributed by atoms with E-state index in [0.29, 0.717) is 0 Å². The van der Waals surface area contributed by atoms with Crippen LogP contribution in [0.3, 0.4) is 0 Å². The van der Waals surface area contributed by atoms with Crippen molar-refractivity contribution < 1.29 is 4.74 Å². The fourth-order valence-corrected chi connectivity index (χ4v) is 3.80. The SMILES string of the molecule is CCCN1CCOC(C(NC)c2sccc2Cl)C1. The van der Waals surface area contributed by atoms with Crippen LogP contribution in [-0.2, 0) is 4.74 Å². The molecule has 2 heterocycles. The number of hydrogen-bond donors (Lipinski definition) is 1. The lowest BCUT2D eigenvalue weighted by molar-refractivity contribution is -0.0453. The average Bonchev–Trinajstić information content (AvgIpc) is 2.78. The van der Waals surface area contributed by atoms with Crippen molar-refractivity contribution >= 4 is 22.9 Å². The van der Waals surface area contributed by atoms with Crippen molar-refractivity contribution in [2.45, 2.75) is 25.5 Å². The van der Waals surface area contributed by atoms with Gasteiger partial charge in [0.05, 0.1) is 23.8 Å². The fourth-order valence-electron chi connectivity index (χ4n) is 2.47. The highest BCUT2D eigenvalue weighted by molar-refractivity contribution is 7.10. The maximum Gasteiger partial charge on any atom is 0.0905 e. The first-order valence-corrected chi connectivity index (χ1v) is 7.76. The van der Waals surface area contributed by atoms with E-state index in [1.807, 2.05) is 18.5 Å². The van der Waals surface area contributed by atoms with Gasteiger partial charge in [-0.2, -0.15) is 0 Å². The smallest absolute Gasteiger partial charge is 0.0905 e. The quantitative estimate of drug-likeness (QED) is 0.902. The number of thiophene rings is 1. The minimum atomic E-state index is 0.187. The number of ether oxygens (including phenoxy) is 1. The average molecular weight is 289 g/mol. The molecule has 1 aliphatic heterocycles. The molecule has 3 nitrogen and oxygen atoms in total. The zero-order valence-electron chi connectivity index (χ0n) is 11.0. The molecular weight excluding hydrogens is 268 g/mol. The van der Waals surface area contributed by atoms with Gasteiger partial charge in [-0.05, 0) is 31.5 Å². The summed E-state index contributed by atoms with van der Waals surface area (Å²) >= 11 is 7.93.